The molecule has 24 heavy (non-hydrogen) atoms. The maximum absolute atomic E-state index is 12.8. The van der Waals surface area contributed by atoms with Crippen molar-refractivity contribution in [2.75, 3.05) is 0 Å². The van der Waals surface area contributed by atoms with Crippen molar-refractivity contribution in [3.8, 4) is 0 Å². The highest BCUT2D eigenvalue weighted by molar-refractivity contribution is 8.00. The van der Waals surface area contributed by atoms with Crippen molar-refractivity contribution in [2.24, 2.45) is 0 Å². The summed E-state index contributed by atoms with van der Waals surface area (Å²) in [5.74, 6) is -0.0550. The Bertz CT molecular complexity index is 939. The number of aromatic amines is 1. The Kier molecular flexibility index (Phi) is 4.32. The molecule has 124 valence electrons. The molecule has 5 nitrogen and oxygen atoms in total. The summed E-state index contributed by atoms with van der Waals surface area (Å²) in [6.45, 7) is 7.02. The van der Waals surface area contributed by atoms with Gasteiger partial charge in [0, 0.05) is 17.5 Å². The molecule has 0 fully saturated rings. The quantitative estimate of drug-likeness (QED) is 0.565. The fourth-order valence-electron chi connectivity index (χ4n) is 2.95. The molecule has 0 aliphatic rings. The van der Waals surface area contributed by atoms with Gasteiger partial charge in [0.2, 0.25) is 0 Å². The Morgan fingerprint density at radius 2 is 2.04 bits per heavy atom. The number of thioether (sulfide) groups is 1. The fraction of sp³-hybridized carbons (Fsp3) is 0.278. The average Bonchev–Trinajstić information content (AvgIpc) is 3.07. The molecular formula is C18H19N3O2S. The summed E-state index contributed by atoms with van der Waals surface area (Å²) in [5.41, 5.74) is 3.59. The van der Waals surface area contributed by atoms with E-state index < -0.39 is 0 Å². The predicted octanol–water partition coefficient (Wildman–Crippen LogP) is 3.85. The Hall–Kier alpha value is -2.34. The zero-order valence-electron chi connectivity index (χ0n) is 14.1. The lowest BCUT2D eigenvalue weighted by Gasteiger charge is -2.09. The van der Waals surface area contributed by atoms with Crippen molar-refractivity contribution >= 4 is 28.8 Å². The van der Waals surface area contributed by atoms with Crippen LogP contribution in [-0.2, 0) is 0 Å². The smallest absolute Gasteiger partial charge is 0.192 e. The number of rotatable bonds is 5. The van der Waals surface area contributed by atoms with E-state index in [4.69, 9.17) is 0 Å². The zero-order chi connectivity index (χ0) is 17.4. The van der Waals surface area contributed by atoms with Crippen LogP contribution >= 0.6 is 11.8 Å². The van der Waals surface area contributed by atoms with Crippen LogP contribution in [0.1, 0.15) is 46.0 Å². The van der Waals surface area contributed by atoms with Crippen LogP contribution in [0.15, 0.2) is 35.7 Å². The lowest BCUT2D eigenvalue weighted by atomic mass is 10.0. The van der Waals surface area contributed by atoms with Gasteiger partial charge in [-0.3, -0.25) is 14.0 Å². The average molecular weight is 341 g/mol. The first-order valence-electron chi connectivity index (χ1n) is 7.73. The van der Waals surface area contributed by atoms with E-state index in [0.717, 1.165) is 21.9 Å². The number of aryl methyl sites for hydroxylation is 1. The molecule has 0 spiro atoms. The first kappa shape index (κ1) is 16.5. The van der Waals surface area contributed by atoms with Gasteiger partial charge in [0.1, 0.15) is 0 Å². The molecule has 0 aliphatic carbocycles. The van der Waals surface area contributed by atoms with Gasteiger partial charge >= 0.3 is 0 Å². The first-order chi connectivity index (χ1) is 11.4. The van der Waals surface area contributed by atoms with E-state index in [-0.39, 0.29) is 16.8 Å². The topological polar surface area (TPSA) is 67.2 Å². The van der Waals surface area contributed by atoms with E-state index in [2.05, 4.69) is 9.97 Å². The van der Waals surface area contributed by atoms with Crippen LogP contribution in [-0.4, -0.2) is 31.2 Å². The van der Waals surface area contributed by atoms with Crippen molar-refractivity contribution in [1.29, 1.82) is 0 Å². The predicted molar refractivity (Wildman–Crippen MR) is 95.1 cm³/mol. The second-order valence-corrected chi connectivity index (χ2v) is 7.15. The monoisotopic (exact) mass is 341 g/mol. The number of hydrogen-bond donors (Lipinski definition) is 1. The molecule has 0 unspecified atom stereocenters. The second kappa shape index (κ2) is 6.28. The largest absolute Gasteiger partial charge is 0.355 e. The number of Topliss-reactive ketones (excluding diaryl/α,β-unsaturated/α-hetero) is 2. The van der Waals surface area contributed by atoms with E-state index in [1.807, 2.05) is 49.6 Å². The van der Waals surface area contributed by atoms with Gasteiger partial charge in [0.25, 0.3) is 0 Å². The van der Waals surface area contributed by atoms with Gasteiger partial charge in [-0.2, -0.15) is 0 Å². The van der Waals surface area contributed by atoms with Gasteiger partial charge in [-0.05, 0) is 45.4 Å². The highest BCUT2D eigenvalue weighted by Crippen LogP contribution is 2.27. The normalized spacial score (nSPS) is 12.5. The lowest BCUT2D eigenvalue weighted by molar-refractivity contribution is 0.0988. The van der Waals surface area contributed by atoms with Crippen LogP contribution < -0.4 is 0 Å². The van der Waals surface area contributed by atoms with Crippen LogP contribution in [0.2, 0.25) is 0 Å². The third kappa shape index (κ3) is 2.78. The molecular weight excluding hydrogens is 322 g/mol. The molecule has 0 bridgehead atoms. The Morgan fingerprint density at radius 3 is 2.71 bits per heavy atom. The molecule has 0 saturated heterocycles. The fourth-order valence-corrected chi connectivity index (χ4v) is 3.88. The Labute approximate surface area is 144 Å². The van der Waals surface area contributed by atoms with Crippen molar-refractivity contribution < 1.29 is 9.59 Å². The second-order valence-electron chi connectivity index (χ2n) is 5.84. The van der Waals surface area contributed by atoms with Crippen molar-refractivity contribution in [3.63, 3.8) is 0 Å². The number of hydrogen-bond acceptors (Lipinski definition) is 4. The minimum absolute atomic E-state index is 0.0271. The van der Waals surface area contributed by atoms with Crippen molar-refractivity contribution in [2.45, 2.75) is 38.1 Å². The minimum Gasteiger partial charge on any atom is -0.355 e. The van der Waals surface area contributed by atoms with Crippen LogP contribution in [0.4, 0.5) is 0 Å². The molecule has 0 saturated carbocycles. The summed E-state index contributed by atoms with van der Waals surface area (Å²) in [5, 5.41) is 0.464. The third-order valence-corrected chi connectivity index (χ3v) is 5.17. The lowest BCUT2D eigenvalue weighted by Crippen LogP contribution is -2.16. The summed E-state index contributed by atoms with van der Waals surface area (Å²) in [6.07, 6.45) is 3.72. The summed E-state index contributed by atoms with van der Waals surface area (Å²) >= 11 is 1.41. The molecule has 3 aromatic heterocycles. The summed E-state index contributed by atoms with van der Waals surface area (Å²) < 4.78 is 1.96. The van der Waals surface area contributed by atoms with Gasteiger partial charge in [0.15, 0.2) is 16.7 Å². The number of pyridine rings is 1. The molecule has 0 radical (unpaired) electrons. The van der Waals surface area contributed by atoms with Gasteiger partial charge in [-0.25, -0.2) is 4.98 Å². The SMILES string of the molecule is CC(=O)c1c(C)[nH]c(C(=O)[C@H](C)Sc2ncc3ccccn23)c1C. The number of nitrogens with one attached hydrogen (secondary N) is 1. The number of ketones is 2. The van der Waals surface area contributed by atoms with E-state index >= 15 is 0 Å². The summed E-state index contributed by atoms with van der Waals surface area (Å²) in [7, 11) is 0. The molecule has 3 aromatic rings. The van der Waals surface area contributed by atoms with E-state index in [1.54, 1.807) is 6.20 Å². The maximum atomic E-state index is 12.8. The van der Waals surface area contributed by atoms with E-state index in [1.165, 1.54) is 18.7 Å². The molecule has 0 aromatic carbocycles. The van der Waals surface area contributed by atoms with E-state index in [9.17, 15) is 9.59 Å². The molecule has 0 amide bonds. The highest BCUT2D eigenvalue weighted by Gasteiger charge is 2.25. The number of carbonyl (C=O) groups excluding carboxylic acids is 2. The molecule has 3 rings (SSSR count). The minimum atomic E-state index is -0.313. The standard InChI is InChI=1S/C18H19N3O2S/c1-10-15(12(3)22)11(2)20-16(10)17(23)13(4)24-18-19-9-14-7-5-6-8-21(14)18/h5-9,13,20H,1-4H3/t13-/m0/s1. The van der Waals surface area contributed by atoms with Crippen molar-refractivity contribution in [3.05, 3.63) is 53.1 Å². The van der Waals surface area contributed by atoms with Crippen LogP contribution in [0.5, 0.6) is 0 Å². The third-order valence-electron chi connectivity index (χ3n) is 4.09. The first-order valence-corrected chi connectivity index (χ1v) is 8.61. The number of nitrogens with zero attached hydrogens (tertiary/aromatic N) is 2. The Balaban J connectivity index is 1.88. The number of H-pyrrole nitrogens is 1. The summed E-state index contributed by atoms with van der Waals surface area (Å²) in [6, 6.07) is 5.86. The van der Waals surface area contributed by atoms with Gasteiger partial charge in [0.05, 0.1) is 22.7 Å². The van der Waals surface area contributed by atoms with E-state index in [0.29, 0.717) is 11.3 Å². The van der Waals surface area contributed by atoms with Gasteiger partial charge in [-0.15, -0.1) is 0 Å². The van der Waals surface area contributed by atoms with Crippen LogP contribution in [0, 0.1) is 13.8 Å². The number of fused-ring (bicyclic) bond motifs is 1. The van der Waals surface area contributed by atoms with Gasteiger partial charge < -0.3 is 4.98 Å². The van der Waals surface area contributed by atoms with Crippen LogP contribution in [0.3, 0.4) is 0 Å². The number of carbonyl (C=O) groups is 2. The molecule has 3 heterocycles. The van der Waals surface area contributed by atoms with Crippen LogP contribution in [0.25, 0.3) is 5.52 Å². The van der Waals surface area contributed by atoms with Gasteiger partial charge in [-0.1, -0.05) is 17.8 Å². The maximum Gasteiger partial charge on any atom is 0.192 e. The Morgan fingerprint density at radius 1 is 1.29 bits per heavy atom. The molecule has 6 heteroatoms. The number of aromatic nitrogens is 3. The highest BCUT2D eigenvalue weighted by atomic mass is 32.2. The molecule has 1 atom stereocenters. The zero-order valence-corrected chi connectivity index (χ0v) is 14.9. The number of imidazole rings is 1. The molecule has 0 aliphatic heterocycles. The molecule has 1 N–H and O–H groups in total. The summed E-state index contributed by atoms with van der Waals surface area (Å²) in [4.78, 5) is 32.0. The van der Waals surface area contributed by atoms with Crippen molar-refractivity contribution in [1.82, 2.24) is 14.4 Å².